The molecule has 1 heterocycles. The van der Waals surface area contributed by atoms with Crippen LogP contribution in [0.2, 0.25) is 0 Å². The summed E-state index contributed by atoms with van der Waals surface area (Å²) in [5, 5.41) is 3.36. The molecule has 2 rings (SSSR count). The zero-order chi connectivity index (χ0) is 15.2. The topological polar surface area (TPSA) is 34.4 Å². The van der Waals surface area contributed by atoms with Gasteiger partial charge in [0, 0.05) is 12.1 Å². The summed E-state index contributed by atoms with van der Waals surface area (Å²) in [7, 11) is 0. The fraction of sp³-hybridized carbons (Fsp3) is 0.412. The van der Waals surface area contributed by atoms with Crippen molar-refractivity contribution < 1.29 is 13.5 Å². The first-order valence-corrected chi connectivity index (χ1v) is 7.21. The highest BCUT2D eigenvalue weighted by atomic mass is 19.1. The Labute approximate surface area is 125 Å². The Morgan fingerprint density at radius 3 is 2.86 bits per heavy atom. The molecule has 0 saturated heterocycles. The highest BCUT2D eigenvalue weighted by Crippen LogP contribution is 2.21. The van der Waals surface area contributed by atoms with Crippen LogP contribution in [0.15, 0.2) is 34.9 Å². The summed E-state index contributed by atoms with van der Waals surface area (Å²) < 4.78 is 24.6. The number of furan rings is 1. The highest BCUT2D eigenvalue weighted by molar-refractivity contribution is 5.29. The third-order valence-corrected chi connectivity index (χ3v) is 3.15. The molecule has 0 aliphatic rings. The normalized spacial score (nSPS) is 11.1. The minimum atomic E-state index is -0.355. The van der Waals surface area contributed by atoms with Crippen LogP contribution in [0.5, 0.6) is 5.75 Å². The van der Waals surface area contributed by atoms with Crippen molar-refractivity contribution in [3.63, 3.8) is 0 Å². The third-order valence-electron chi connectivity index (χ3n) is 3.15. The van der Waals surface area contributed by atoms with Gasteiger partial charge in [0.25, 0.3) is 0 Å². The molecule has 3 nitrogen and oxygen atoms in total. The van der Waals surface area contributed by atoms with Crippen molar-refractivity contribution in [2.75, 3.05) is 6.54 Å². The largest absolute Gasteiger partial charge is 0.483 e. The number of halogens is 1. The first-order valence-electron chi connectivity index (χ1n) is 7.21. The van der Waals surface area contributed by atoms with Crippen molar-refractivity contribution in [3.8, 4) is 5.75 Å². The van der Waals surface area contributed by atoms with Gasteiger partial charge in [0.05, 0.1) is 6.26 Å². The van der Waals surface area contributed by atoms with Gasteiger partial charge in [-0.1, -0.05) is 19.9 Å². The zero-order valence-electron chi connectivity index (χ0n) is 12.8. The molecule has 1 N–H and O–H groups in total. The second-order valence-corrected chi connectivity index (χ2v) is 5.62. The number of hydrogen-bond donors (Lipinski definition) is 1. The fourth-order valence-corrected chi connectivity index (χ4v) is 2.01. The highest BCUT2D eigenvalue weighted by Gasteiger charge is 2.09. The van der Waals surface area contributed by atoms with Crippen LogP contribution in [0.3, 0.4) is 0 Å². The van der Waals surface area contributed by atoms with Gasteiger partial charge in [-0.2, -0.15) is 0 Å². The molecule has 0 atom stereocenters. The molecule has 21 heavy (non-hydrogen) atoms. The second kappa shape index (κ2) is 7.27. The lowest BCUT2D eigenvalue weighted by Crippen LogP contribution is -2.19. The summed E-state index contributed by atoms with van der Waals surface area (Å²) in [5.74, 6) is 1.23. The molecule has 114 valence electrons. The minimum Gasteiger partial charge on any atom is -0.483 e. The summed E-state index contributed by atoms with van der Waals surface area (Å²) in [6.07, 6.45) is 1.64. The molecular formula is C17H22FNO2. The van der Waals surface area contributed by atoms with E-state index in [0.717, 1.165) is 30.0 Å². The van der Waals surface area contributed by atoms with Crippen molar-refractivity contribution in [2.45, 2.75) is 33.9 Å². The summed E-state index contributed by atoms with van der Waals surface area (Å²) in [6, 6.07) is 6.74. The third kappa shape index (κ3) is 4.60. The van der Waals surface area contributed by atoms with Gasteiger partial charge in [0.15, 0.2) is 11.6 Å². The van der Waals surface area contributed by atoms with Crippen LogP contribution in [-0.4, -0.2) is 6.54 Å². The van der Waals surface area contributed by atoms with Crippen LogP contribution in [-0.2, 0) is 13.2 Å². The molecule has 0 bridgehead atoms. The van der Waals surface area contributed by atoms with Gasteiger partial charge in [0.1, 0.15) is 12.4 Å². The van der Waals surface area contributed by atoms with Gasteiger partial charge in [-0.05, 0) is 43.1 Å². The van der Waals surface area contributed by atoms with Crippen LogP contribution in [0.1, 0.15) is 30.7 Å². The maximum atomic E-state index is 13.6. The van der Waals surface area contributed by atoms with Gasteiger partial charge in [-0.25, -0.2) is 4.39 Å². The van der Waals surface area contributed by atoms with Crippen LogP contribution in [0.25, 0.3) is 0 Å². The Kier molecular flexibility index (Phi) is 5.39. The van der Waals surface area contributed by atoms with Crippen molar-refractivity contribution in [1.82, 2.24) is 5.32 Å². The van der Waals surface area contributed by atoms with Gasteiger partial charge >= 0.3 is 0 Å². The molecule has 0 amide bonds. The van der Waals surface area contributed by atoms with E-state index in [2.05, 4.69) is 19.2 Å². The molecule has 4 heteroatoms. The monoisotopic (exact) mass is 291 g/mol. The van der Waals surface area contributed by atoms with Gasteiger partial charge in [-0.15, -0.1) is 0 Å². The van der Waals surface area contributed by atoms with Gasteiger partial charge in [-0.3, -0.25) is 0 Å². The van der Waals surface area contributed by atoms with E-state index in [-0.39, 0.29) is 18.2 Å². The molecule has 1 aromatic carbocycles. The number of rotatable bonds is 7. The summed E-state index contributed by atoms with van der Waals surface area (Å²) >= 11 is 0. The average Bonchev–Trinajstić information content (AvgIpc) is 2.87. The van der Waals surface area contributed by atoms with Crippen molar-refractivity contribution in [3.05, 3.63) is 53.2 Å². The second-order valence-electron chi connectivity index (χ2n) is 5.62. The predicted octanol–water partition coefficient (Wildman–Crippen LogP) is 4.05. The zero-order valence-corrected chi connectivity index (χ0v) is 12.8. The molecule has 0 aliphatic carbocycles. The van der Waals surface area contributed by atoms with E-state index < -0.39 is 0 Å². The standard InChI is InChI=1S/C17H22FNO2/c1-12(2)9-19-10-14-6-7-20-17(14)11-21-16-8-13(3)4-5-15(16)18/h4-8,12,19H,9-11H2,1-3H3. The Morgan fingerprint density at radius 2 is 2.10 bits per heavy atom. The van der Waals surface area contributed by atoms with Crippen LogP contribution in [0, 0.1) is 18.7 Å². The molecule has 1 aromatic heterocycles. The Hall–Kier alpha value is -1.81. The number of ether oxygens (including phenoxy) is 1. The Balaban J connectivity index is 1.94. The van der Waals surface area contributed by atoms with E-state index in [1.807, 2.05) is 13.0 Å². The molecule has 0 radical (unpaired) electrons. The van der Waals surface area contributed by atoms with Crippen LogP contribution >= 0.6 is 0 Å². The quantitative estimate of drug-likeness (QED) is 0.835. The molecular weight excluding hydrogens is 269 g/mol. The van der Waals surface area contributed by atoms with Crippen molar-refractivity contribution >= 4 is 0 Å². The number of benzene rings is 1. The average molecular weight is 291 g/mol. The summed E-state index contributed by atoms with van der Waals surface area (Å²) in [4.78, 5) is 0. The van der Waals surface area contributed by atoms with E-state index >= 15 is 0 Å². The lowest BCUT2D eigenvalue weighted by Gasteiger charge is -2.09. The van der Waals surface area contributed by atoms with Crippen LogP contribution < -0.4 is 10.1 Å². The fourth-order valence-electron chi connectivity index (χ4n) is 2.01. The van der Waals surface area contributed by atoms with Crippen LogP contribution in [0.4, 0.5) is 4.39 Å². The van der Waals surface area contributed by atoms with E-state index in [1.54, 1.807) is 18.4 Å². The summed E-state index contributed by atoms with van der Waals surface area (Å²) in [6.45, 7) is 8.12. The Bertz CT molecular complexity index is 578. The molecule has 0 aliphatic heterocycles. The van der Waals surface area contributed by atoms with E-state index in [9.17, 15) is 4.39 Å². The number of hydrogen-bond acceptors (Lipinski definition) is 3. The molecule has 0 fully saturated rings. The maximum Gasteiger partial charge on any atom is 0.165 e. The SMILES string of the molecule is Cc1ccc(F)c(OCc2occc2CNCC(C)C)c1. The smallest absolute Gasteiger partial charge is 0.165 e. The number of nitrogens with one attached hydrogen (secondary N) is 1. The first-order chi connectivity index (χ1) is 10.1. The molecule has 0 spiro atoms. The lowest BCUT2D eigenvalue weighted by atomic mass is 10.2. The minimum absolute atomic E-state index is 0.228. The van der Waals surface area contributed by atoms with Gasteiger partial charge in [0.2, 0.25) is 0 Å². The predicted molar refractivity (Wildman–Crippen MR) is 80.7 cm³/mol. The maximum absolute atomic E-state index is 13.6. The molecule has 2 aromatic rings. The van der Waals surface area contributed by atoms with Crippen molar-refractivity contribution in [2.24, 2.45) is 5.92 Å². The van der Waals surface area contributed by atoms with E-state index in [1.165, 1.54) is 6.07 Å². The van der Waals surface area contributed by atoms with Crippen molar-refractivity contribution in [1.29, 1.82) is 0 Å². The van der Waals surface area contributed by atoms with E-state index in [0.29, 0.717) is 5.92 Å². The lowest BCUT2D eigenvalue weighted by molar-refractivity contribution is 0.256. The number of aryl methyl sites for hydroxylation is 1. The Morgan fingerprint density at radius 1 is 1.29 bits per heavy atom. The summed E-state index contributed by atoms with van der Waals surface area (Å²) in [5.41, 5.74) is 2.01. The van der Waals surface area contributed by atoms with E-state index in [4.69, 9.17) is 9.15 Å². The molecule has 0 saturated carbocycles. The molecule has 0 unspecified atom stereocenters. The first kappa shape index (κ1) is 15.6. The van der Waals surface area contributed by atoms with Gasteiger partial charge < -0.3 is 14.5 Å².